The van der Waals surface area contributed by atoms with Crippen LogP contribution in [0.1, 0.15) is 146 Å². The molecule has 0 aromatic heterocycles. The van der Waals surface area contributed by atoms with Crippen molar-refractivity contribution in [1.82, 2.24) is 0 Å². The maximum absolute atomic E-state index is 11.3. The monoisotopic (exact) mass is 939 g/mol. The molecule has 0 rings (SSSR count). The molecule has 0 aliphatic rings. The second-order valence-electron chi connectivity index (χ2n) is 5.42. The predicted octanol–water partition coefficient (Wildman–Crippen LogP) is 10.2. The van der Waals surface area contributed by atoms with Crippen LogP contribution in [-0.4, -0.2) is 45.5 Å². The normalized spacial score (nSPS) is 6.20. The summed E-state index contributed by atoms with van der Waals surface area (Å²) in [4.78, 5) is 8.81. The molecule has 0 amide bonds. The van der Waals surface area contributed by atoms with Gasteiger partial charge in [-0.3, -0.25) is 0 Å². The number of hydrogen-bond donors (Lipinski definition) is 1. The maximum atomic E-state index is 11.3. The summed E-state index contributed by atoms with van der Waals surface area (Å²) < 4.78 is 101. The number of hydrogen-bond acceptors (Lipinski definition) is 3. The van der Waals surface area contributed by atoms with Crippen LogP contribution >= 0.6 is 32.9 Å². The Morgan fingerprint density at radius 2 is 0.852 bits per heavy atom. The van der Waals surface area contributed by atoms with Crippen molar-refractivity contribution in [3.8, 4) is 24.2 Å². The van der Waals surface area contributed by atoms with Gasteiger partial charge in [0.25, 0.3) is 0 Å². The Morgan fingerprint density at radius 3 is 0.852 bits per heavy atom. The van der Waals surface area contributed by atoms with Crippen molar-refractivity contribution in [3.63, 3.8) is 0 Å². The van der Waals surface area contributed by atoms with Crippen LogP contribution in [0.2, 0.25) is 0 Å². The van der Waals surface area contributed by atoms with Crippen LogP contribution in [0.3, 0.4) is 0 Å². The van der Waals surface area contributed by atoms with Gasteiger partial charge in [0.2, 0.25) is 0 Å². The number of ether oxygens (including phenoxy) is 1. The smallest absolute Gasteiger partial charge is 1.00 e. The largest absolute Gasteiger partial charge is 1.00 e. The van der Waals surface area contributed by atoms with Gasteiger partial charge in [-0.15, -0.1) is 41.2 Å². The molecule has 0 aromatic carbocycles. The van der Waals surface area contributed by atoms with Crippen LogP contribution in [0.5, 0.6) is 0 Å². The number of terminal acetylenes is 1. The second kappa shape index (κ2) is 183. The van der Waals surface area contributed by atoms with Gasteiger partial charge in [-0.2, -0.15) is 32.8 Å². The third kappa shape index (κ3) is 605. The Morgan fingerprint density at radius 1 is 0.741 bits per heavy atom. The van der Waals surface area contributed by atoms with E-state index in [9.17, 15) is 39.5 Å². The van der Waals surface area contributed by atoms with Crippen LogP contribution in [0.15, 0.2) is 35.7 Å². The van der Waals surface area contributed by atoms with Gasteiger partial charge in [0, 0.05) is 34.1 Å². The molecule has 0 unspecified atom stereocenters. The Hall–Kier alpha value is -0.0777. The van der Waals surface area contributed by atoms with E-state index in [1.807, 2.05) is 83.1 Å². The molecule has 17 heteroatoms. The second-order valence-corrected chi connectivity index (χ2v) is 6.54. The van der Waals surface area contributed by atoms with E-state index < -0.39 is 35.7 Å². The van der Waals surface area contributed by atoms with E-state index in [4.69, 9.17) is 9.90 Å². The number of methoxy groups -OCH3 is 1. The first-order chi connectivity index (χ1) is 23.3. The average Bonchev–Trinajstić information content (AvgIpc) is 3.10. The van der Waals surface area contributed by atoms with Crippen molar-refractivity contribution in [1.29, 1.82) is 0 Å². The molecule has 3 nitrogen and oxygen atoms in total. The van der Waals surface area contributed by atoms with Crippen molar-refractivity contribution >= 4 is 47.6 Å². The number of unbranched alkanes of at least 4 members (excludes halogenated alkanes) is 1. The van der Waals surface area contributed by atoms with Crippen LogP contribution in [0.25, 0.3) is 0 Å². The van der Waals surface area contributed by atoms with Crippen LogP contribution in [0, 0.1) is 31.1 Å². The summed E-state index contributed by atoms with van der Waals surface area (Å²) in [5.74, 6) is 4.72. The molecule has 0 spiro atoms. The minimum Gasteiger partial charge on any atom is -1.00 e. The number of carbonyl (C=O) groups excluding carboxylic acids is 1. The molecule has 3 radical (unpaired) electrons. The predicted molar refractivity (Wildman–Crippen MR) is 226 cm³/mol. The summed E-state index contributed by atoms with van der Waals surface area (Å²) in [5.41, 5.74) is 0. The summed E-state index contributed by atoms with van der Waals surface area (Å²) in [7, 11) is 1.68. The van der Waals surface area contributed by atoms with E-state index in [2.05, 4.69) is 58.7 Å². The van der Waals surface area contributed by atoms with Crippen LogP contribution < -0.4 is 48.4 Å². The molecule has 0 fully saturated rings. The number of alkyl halides is 1. The number of halogens is 11. The summed E-state index contributed by atoms with van der Waals surface area (Å²) in [5, 5.41) is 8.63. The molecule has 0 atom stereocenters. The zero-order valence-corrected chi connectivity index (χ0v) is 43.2. The Kier molecular flexibility index (Phi) is 397. The fourth-order valence-electron chi connectivity index (χ4n) is 0. The fourth-order valence-corrected chi connectivity index (χ4v) is 0. The SMILES string of the molecule is Br.C#CC.C/C(F)=C(/C)F.CC.CC.CC.CC.CC#CC.CC(F)=C(F)F.CC=O.CCBr.CCO.CCOC.FC(F)=C(F)F.[B].[CH2-]CCC.[H-].[Li+].[Na+]. The average molecular weight is 942 g/mol. The molecular weight excluding hydrogens is 864 g/mol. The Balaban J connectivity index is -0.0000000151. The van der Waals surface area contributed by atoms with Gasteiger partial charge in [0.15, 0.2) is 5.83 Å². The molecule has 0 aromatic rings. The van der Waals surface area contributed by atoms with Crippen molar-refractivity contribution in [2.45, 2.75) is 144 Å². The Bertz CT molecular complexity index is 583. The third-order valence-electron chi connectivity index (χ3n) is 1.77. The molecule has 0 saturated carbocycles. The number of aliphatic hydroxyl groups is 1. The molecule has 0 bridgehead atoms. The maximum Gasteiger partial charge on any atom is 1.00 e. The number of rotatable bonds is 2. The molecule has 325 valence electrons. The molecule has 0 aliphatic heterocycles. The van der Waals surface area contributed by atoms with Gasteiger partial charge in [-0.05, 0) is 62.3 Å². The van der Waals surface area contributed by atoms with Gasteiger partial charge in [-0.1, -0.05) is 91.6 Å². The van der Waals surface area contributed by atoms with Gasteiger partial charge in [0.05, 0.1) is 0 Å². The molecule has 1 N–H and O–H groups in total. The first-order valence-corrected chi connectivity index (χ1v) is 17.0. The summed E-state index contributed by atoms with van der Waals surface area (Å²) in [6.45, 7) is 38.1. The standard InChI is InChI=1S/C4H6F2.C4H9.C4H6.C3H3F3.C3H8O.C3H4.C2H5Br.C2F4.C2H6O.C2H4O.4C2H6.B.BrH.Li.Na.H/c1-3(5)4(2)6;2*1-3-4-2;1-2(4)3(5)6;1-3-4-2;1-3-2;1-2-3;3-1(4)2(5)6;2*1-2-3;4*1-2;;;;;/h1-2H3;1,3-4H2,2H3;1-2H3;1H3;3H2,1-2H3;1H,2H3;2H2,1H3;;3H,2H2,1H3;2H,1H3;4*1-2H3;;1H;;;/q;-1;;;;;;;;;;;;;;;2*+1;-1/b4-3+;;;;;;;;;;;;;;;;;;. The van der Waals surface area contributed by atoms with Gasteiger partial charge in [-0.25, -0.2) is 13.2 Å². The molecule has 0 heterocycles. The van der Waals surface area contributed by atoms with E-state index in [1.54, 1.807) is 21.0 Å². The number of allylic oxidation sites excluding steroid dienone is 3. The van der Waals surface area contributed by atoms with E-state index in [0.717, 1.165) is 38.5 Å². The fraction of sp³-hybridized carbons (Fsp3) is 0.676. The van der Waals surface area contributed by atoms with Crippen molar-refractivity contribution in [3.05, 3.63) is 42.6 Å². The first kappa shape index (κ1) is 117. The zero-order chi connectivity index (χ0) is 44.5. The van der Waals surface area contributed by atoms with Crippen molar-refractivity contribution < 1.29 is 104 Å². The quantitative estimate of drug-likeness (QED) is 0.0750. The Labute approximate surface area is 385 Å². The summed E-state index contributed by atoms with van der Waals surface area (Å²) in [6, 6.07) is 0. The molecule has 0 aliphatic carbocycles. The van der Waals surface area contributed by atoms with E-state index in [1.165, 1.54) is 13.3 Å². The minimum absolute atomic E-state index is 0. The van der Waals surface area contributed by atoms with Crippen molar-refractivity contribution in [2.75, 3.05) is 25.7 Å². The first-order valence-electron chi connectivity index (χ1n) is 15.9. The summed E-state index contributed by atoms with van der Waals surface area (Å²) in [6.07, 6.45) is -0.431. The van der Waals surface area contributed by atoms with Gasteiger partial charge >= 0.3 is 66.7 Å². The van der Waals surface area contributed by atoms with Crippen LogP contribution in [0.4, 0.5) is 39.5 Å². The van der Waals surface area contributed by atoms with Gasteiger partial charge in [0.1, 0.15) is 17.9 Å². The van der Waals surface area contributed by atoms with Gasteiger partial charge < -0.3 is 23.0 Å². The van der Waals surface area contributed by atoms with Crippen molar-refractivity contribution in [2.24, 2.45) is 0 Å². The molecular formula is C37H77BBr2F9LiNaO3. The minimum atomic E-state index is -2.91. The topological polar surface area (TPSA) is 46.5 Å². The number of carbonyl (C=O) groups is 1. The third-order valence-corrected chi connectivity index (χ3v) is 1.77. The number of aldehydes is 1. The molecule has 0 saturated heterocycles. The summed E-state index contributed by atoms with van der Waals surface area (Å²) >= 11 is 3.15. The van der Waals surface area contributed by atoms with E-state index in [0.29, 0.717) is 6.92 Å². The van der Waals surface area contributed by atoms with E-state index >= 15 is 0 Å². The van der Waals surface area contributed by atoms with E-state index in [-0.39, 0.29) is 81.8 Å². The van der Waals surface area contributed by atoms with Crippen LogP contribution in [-0.2, 0) is 9.53 Å². The number of aliphatic hydroxyl groups excluding tert-OH is 1. The zero-order valence-electron chi connectivity index (χ0n) is 38.9. The molecule has 54 heavy (non-hydrogen) atoms.